The minimum atomic E-state index is 0.123. The van der Waals surface area contributed by atoms with Crippen molar-refractivity contribution in [1.29, 1.82) is 0 Å². The third kappa shape index (κ3) is 3.73. The van der Waals surface area contributed by atoms with Gasteiger partial charge >= 0.3 is 0 Å². The molecule has 2 aromatic rings. The highest BCUT2D eigenvalue weighted by Crippen LogP contribution is 2.17. The minimum Gasteiger partial charge on any atom is -0.380 e. The van der Waals surface area contributed by atoms with E-state index in [4.69, 9.17) is 10.6 Å². The SMILES string of the molecule is CCCOCC(Cc1ccnc2ccccc12)NN. The van der Waals surface area contributed by atoms with Crippen molar-refractivity contribution in [2.75, 3.05) is 13.2 Å². The molecule has 4 heteroatoms. The van der Waals surface area contributed by atoms with Crippen LogP contribution >= 0.6 is 0 Å². The fourth-order valence-electron chi connectivity index (χ4n) is 2.13. The molecule has 102 valence electrons. The fourth-order valence-corrected chi connectivity index (χ4v) is 2.13. The van der Waals surface area contributed by atoms with Crippen molar-refractivity contribution in [3.05, 3.63) is 42.1 Å². The number of nitrogens with one attached hydrogen (secondary N) is 1. The molecule has 0 saturated heterocycles. The molecule has 0 amide bonds. The van der Waals surface area contributed by atoms with Crippen molar-refractivity contribution in [3.8, 4) is 0 Å². The van der Waals surface area contributed by atoms with Gasteiger partial charge in [-0.15, -0.1) is 0 Å². The first kappa shape index (κ1) is 13.9. The summed E-state index contributed by atoms with van der Waals surface area (Å²) in [5, 5.41) is 1.18. The third-order valence-corrected chi connectivity index (χ3v) is 3.11. The number of hydrazine groups is 1. The largest absolute Gasteiger partial charge is 0.380 e. The van der Waals surface area contributed by atoms with Crippen LogP contribution in [0.2, 0.25) is 0 Å². The number of pyridine rings is 1. The third-order valence-electron chi connectivity index (χ3n) is 3.11. The molecule has 0 radical (unpaired) electrons. The maximum absolute atomic E-state index is 5.60. The summed E-state index contributed by atoms with van der Waals surface area (Å²) in [5.41, 5.74) is 5.09. The number of fused-ring (bicyclic) bond motifs is 1. The van der Waals surface area contributed by atoms with Gasteiger partial charge in [-0.1, -0.05) is 25.1 Å². The lowest BCUT2D eigenvalue weighted by molar-refractivity contribution is 0.112. The second kappa shape index (κ2) is 7.19. The van der Waals surface area contributed by atoms with Crippen LogP contribution in [-0.4, -0.2) is 24.2 Å². The molecule has 0 spiro atoms. The summed E-state index contributed by atoms with van der Waals surface area (Å²) in [6.07, 6.45) is 3.71. The van der Waals surface area contributed by atoms with E-state index in [0.717, 1.165) is 25.0 Å². The van der Waals surface area contributed by atoms with Crippen LogP contribution in [0, 0.1) is 0 Å². The zero-order valence-electron chi connectivity index (χ0n) is 11.3. The lowest BCUT2D eigenvalue weighted by atomic mass is 10.0. The number of rotatable bonds is 7. The summed E-state index contributed by atoms with van der Waals surface area (Å²) < 4.78 is 5.56. The molecule has 19 heavy (non-hydrogen) atoms. The Hall–Kier alpha value is -1.49. The van der Waals surface area contributed by atoms with Crippen LogP contribution in [0.15, 0.2) is 36.5 Å². The van der Waals surface area contributed by atoms with Gasteiger partial charge in [0.1, 0.15) is 0 Å². The molecule has 1 unspecified atom stereocenters. The van der Waals surface area contributed by atoms with Crippen LogP contribution in [0.5, 0.6) is 0 Å². The number of ether oxygens (including phenoxy) is 1. The van der Waals surface area contributed by atoms with Crippen LogP contribution in [0.25, 0.3) is 10.9 Å². The highest BCUT2D eigenvalue weighted by atomic mass is 16.5. The maximum Gasteiger partial charge on any atom is 0.0704 e. The number of aromatic nitrogens is 1. The number of nitrogens with zero attached hydrogens (tertiary/aromatic N) is 1. The van der Waals surface area contributed by atoms with Gasteiger partial charge in [-0.05, 0) is 30.5 Å². The Morgan fingerprint density at radius 3 is 2.95 bits per heavy atom. The molecule has 0 aliphatic carbocycles. The summed E-state index contributed by atoms with van der Waals surface area (Å²) in [4.78, 5) is 4.37. The van der Waals surface area contributed by atoms with Crippen LogP contribution in [0.3, 0.4) is 0 Å². The number of nitrogens with two attached hydrogens (primary N) is 1. The molecule has 1 aromatic carbocycles. The van der Waals surface area contributed by atoms with Crippen molar-refractivity contribution in [2.45, 2.75) is 25.8 Å². The summed E-state index contributed by atoms with van der Waals surface area (Å²) in [5.74, 6) is 5.60. The van der Waals surface area contributed by atoms with E-state index < -0.39 is 0 Å². The number of hydrogen-bond acceptors (Lipinski definition) is 4. The Morgan fingerprint density at radius 2 is 2.16 bits per heavy atom. The van der Waals surface area contributed by atoms with Crippen molar-refractivity contribution in [2.24, 2.45) is 5.84 Å². The van der Waals surface area contributed by atoms with E-state index >= 15 is 0 Å². The Labute approximate surface area is 113 Å². The van der Waals surface area contributed by atoms with Crippen LogP contribution < -0.4 is 11.3 Å². The van der Waals surface area contributed by atoms with E-state index in [9.17, 15) is 0 Å². The lowest BCUT2D eigenvalue weighted by Gasteiger charge is -2.17. The normalized spacial score (nSPS) is 12.7. The van der Waals surface area contributed by atoms with E-state index in [1.165, 1.54) is 10.9 Å². The Bertz CT molecular complexity index is 510. The monoisotopic (exact) mass is 259 g/mol. The number of benzene rings is 1. The molecule has 0 fully saturated rings. The molecular formula is C15H21N3O. The van der Waals surface area contributed by atoms with Gasteiger partial charge in [-0.2, -0.15) is 0 Å². The smallest absolute Gasteiger partial charge is 0.0704 e. The molecule has 0 aliphatic rings. The molecule has 0 bridgehead atoms. The van der Waals surface area contributed by atoms with Gasteiger partial charge in [0.2, 0.25) is 0 Å². The van der Waals surface area contributed by atoms with E-state index in [0.29, 0.717) is 6.61 Å². The first-order chi connectivity index (χ1) is 9.35. The van der Waals surface area contributed by atoms with Crippen molar-refractivity contribution in [3.63, 3.8) is 0 Å². The average molecular weight is 259 g/mol. The predicted octanol–water partition coefficient (Wildman–Crippen LogP) is 2.04. The van der Waals surface area contributed by atoms with Gasteiger partial charge in [0.05, 0.1) is 12.1 Å². The molecule has 3 N–H and O–H groups in total. The average Bonchev–Trinajstić information content (AvgIpc) is 2.46. The highest BCUT2D eigenvalue weighted by Gasteiger charge is 2.10. The van der Waals surface area contributed by atoms with Gasteiger partial charge in [0, 0.05) is 24.2 Å². The second-order valence-electron chi connectivity index (χ2n) is 4.63. The summed E-state index contributed by atoms with van der Waals surface area (Å²) in [6.45, 7) is 3.50. The summed E-state index contributed by atoms with van der Waals surface area (Å²) in [6, 6.07) is 10.3. The fraction of sp³-hybridized carbons (Fsp3) is 0.400. The van der Waals surface area contributed by atoms with Gasteiger partial charge in [-0.3, -0.25) is 16.3 Å². The first-order valence-electron chi connectivity index (χ1n) is 6.71. The van der Waals surface area contributed by atoms with Gasteiger partial charge in [0.15, 0.2) is 0 Å². The zero-order chi connectivity index (χ0) is 13.5. The molecule has 0 aliphatic heterocycles. The maximum atomic E-state index is 5.60. The summed E-state index contributed by atoms with van der Waals surface area (Å²) >= 11 is 0. The zero-order valence-corrected chi connectivity index (χ0v) is 11.3. The standard InChI is InChI=1S/C15H21N3O/c1-2-9-19-11-13(18-16)10-12-7-8-17-15-6-4-3-5-14(12)15/h3-8,13,18H,2,9-11,16H2,1H3. The first-order valence-corrected chi connectivity index (χ1v) is 6.71. The second-order valence-corrected chi connectivity index (χ2v) is 4.63. The molecule has 0 saturated carbocycles. The minimum absolute atomic E-state index is 0.123. The Kier molecular flexibility index (Phi) is 5.27. The molecule has 4 nitrogen and oxygen atoms in total. The lowest BCUT2D eigenvalue weighted by Crippen LogP contribution is -2.40. The van der Waals surface area contributed by atoms with E-state index in [1.807, 2.05) is 30.5 Å². The highest BCUT2D eigenvalue weighted by molar-refractivity contribution is 5.81. The molecule has 2 rings (SSSR count). The molecule has 1 aromatic heterocycles. The van der Waals surface area contributed by atoms with Crippen LogP contribution in [0.1, 0.15) is 18.9 Å². The topological polar surface area (TPSA) is 60.2 Å². The predicted molar refractivity (Wildman–Crippen MR) is 77.7 cm³/mol. The van der Waals surface area contributed by atoms with E-state index in [1.54, 1.807) is 0 Å². The Balaban J connectivity index is 2.10. The quantitative estimate of drug-likeness (QED) is 0.454. The van der Waals surface area contributed by atoms with Gasteiger partial charge in [-0.25, -0.2) is 0 Å². The summed E-state index contributed by atoms with van der Waals surface area (Å²) in [7, 11) is 0. The Morgan fingerprint density at radius 1 is 1.32 bits per heavy atom. The van der Waals surface area contributed by atoms with Crippen LogP contribution in [0.4, 0.5) is 0 Å². The van der Waals surface area contributed by atoms with Crippen LogP contribution in [-0.2, 0) is 11.2 Å². The van der Waals surface area contributed by atoms with Gasteiger partial charge in [0.25, 0.3) is 0 Å². The number of hydrogen-bond donors (Lipinski definition) is 2. The van der Waals surface area contributed by atoms with Crippen molar-refractivity contribution >= 4 is 10.9 Å². The van der Waals surface area contributed by atoms with Gasteiger partial charge < -0.3 is 4.74 Å². The molecule has 1 atom stereocenters. The number of para-hydroxylation sites is 1. The van der Waals surface area contributed by atoms with Crippen molar-refractivity contribution in [1.82, 2.24) is 10.4 Å². The van der Waals surface area contributed by atoms with E-state index in [-0.39, 0.29) is 6.04 Å². The molecular weight excluding hydrogens is 238 g/mol. The molecule has 1 heterocycles. The van der Waals surface area contributed by atoms with Crippen molar-refractivity contribution < 1.29 is 4.74 Å². The van der Waals surface area contributed by atoms with E-state index in [2.05, 4.69) is 23.4 Å².